The number of fused-ring (bicyclic) bond motifs is 1. The van der Waals surface area contributed by atoms with E-state index in [1.807, 2.05) is 6.07 Å². The summed E-state index contributed by atoms with van der Waals surface area (Å²) in [4.78, 5) is 8.32. The second-order valence-electron chi connectivity index (χ2n) is 4.46. The minimum atomic E-state index is -0.266. The Kier molecular flexibility index (Phi) is 3.90. The molecule has 2 aromatic carbocycles. The lowest BCUT2D eigenvalue weighted by Crippen LogP contribution is -2.03. The molecular formula is C15H10Cl2FN3. The Morgan fingerprint density at radius 2 is 1.76 bits per heavy atom. The van der Waals surface area contributed by atoms with E-state index in [1.165, 1.54) is 12.1 Å². The fourth-order valence-electron chi connectivity index (χ4n) is 2.03. The van der Waals surface area contributed by atoms with Gasteiger partial charge in [-0.15, -0.1) is 0 Å². The molecule has 0 amide bonds. The largest absolute Gasteiger partial charge is 0.365 e. The minimum absolute atomic E-state index is 0.145. The summed E-state index contributed by atoms with van der Waals surface area (Å²) in [5.74, 6) is 0.289. The molecule has 0 saturated heterocycles. The molecule has 6 heteroatoms. The maximum absolute atomic E-state index is 12.9. The molecule has 0 saturated carbocycles. The van der Waals surface area contributed by atoms with Crippen LogP contribution in [0.3, 0.4) is 0 Å². The molecule has 0 unspecified atom stereocenters. The van der Waals surface area contributed by atoms with Crippen molar-refractivity contribution in [2.45, 2.75) is 6.54 Å². The summed E-state index contributed by atoms with van der Waals surface area (Å²) in [6.07, 6.45) is 0. The first-order chi connectivity index (χ1) is 10.1. The molecule has 0 fully saturated rings. The van der Waals surface area contributed by atoms with Gasteiger partial charge in [-0.25, -0.2) is 14.4 Å². The predicted octanol–water partition coefficient (Wildman–Crippen LogP) is 4.69. The van der Waals surface area contributed by atoms with Gasteiger partial charge in [-0.05, 0) is 41.4 Å². The zero-order chi connectivity index (χ0) is 14.8. The Bertz CT molecular complexity index is 791. The third-order valence-electron chi connectivity index (χ3n) is 3.02. The topological polar surface area (TPSA) is 37.8 Å². The maximum Gasteiger partial charge on any atom is 0.224 e. The van der Waals surface area contributed by atoms with Crippen molar-refractivity contribution in [3.8, 4) is 0 Å². The van der Waals surface area contributed by atoms with Gasteiger partial charge in [0.25, 0.3) is 0 Å². The van der Waals surface area contributed by atoms with Crippen molar-refractivity contribution in [3.05, 3.63) is 64.2 Å². The van der Waals surface area contributed by atoms with Crippen LogP contribution in [0, 0.1) is 5.82 Å². The number of halogens is 3. The van der Waals surface area contributed by atoms with Crippen molar-refractivity contribution in [2.24, 2.45) is 0 Å². The molecule has 0 aliphatic carbocycles. The first-order valence-electron chi connectivity index (χ1n) is 6.23. The quantitative estimate of drug-likeness (QED) is 0.711. The molecule has 0 radical (unpaired) electrons. The molecule has 0 bridgehead atoms. The minimum Gasteiger partial charge on any atom is -0.365 e. The van der Waals surface area contributed by atoms with Crippen molar-refractivity contribution in [1.29, 1.82) is 0 Å². The Morgan fingerprint density at radius 3 is 2.52 bits per heavy atom. The molecule has 3 aromatic rings. The lowest BCUT2D eigenvalue weighted by Gasteiger charge is -2.10. The number of hydrogen-bond acceptors (Lipinski definition) is 3. The zero-order valence-electron chi connectivity index (χ0n) is 10.8. The first-order valence-corrected chi connectivity index (χ1v) is 6.99. The van der Waals surface area contributed by atoms with Crippen LogP contribution < -0.4 is 5.32 Å². The van der Waals surface area contributed by atoms with E-state index in [9.17, 15) is 4.39 Å². The summed E-state index contributed by atoms with van der Waals surface area (Å²) in [5.41, 5.74) is 1.59. The fourth-order valence-corrected chi connectivity index (χ4v) is 2.46. The smallest absolute Gasteiger partial charge is 0.224 e. The van der Waals surface area contributed by atoms with Gasteiger partial charge in [-0.2, -0.15) is 0 Å². The van der Waals surface area contributed by atoms with E-state index in [2.05, 4.69) is 15.3 Å². The van der Waals surface area contributed by atoms with Gasteiger partial charge in [0.15, 0.2) is 0 Å². The highest BCUT2D eigenvalue weighted by molar-refractivity contribution is 6.36. The van der Waals surface area contributed by atoms with Gasteiger partial charge in [0.05, 0.1) is 15.9 Å². The van der Waals surface area contributed by atoms with Gasteiger partial charge in [0, 0.05) is 6.54 Å². The van der Waals surface area contributed by atoms with Crippen LogP contribution in [-0.2, 0) is 6.54 Å². The van der Waals surface area contributed by atoms with E-state index in [0.717, 1.165) is 5.56 Å². The number of hydrogen-bond donors (Lipinski definition) is 1. The molecule has 3 nitrogen and oxygen atoms in total. The standard InChI is InChI=1S/C15H10Cl2FN3/c16-11-2-1-3-12-13(11)14(21-15(17)20-12)19-8-9-4-6-10(18)7-5-9/h1-7H,8H2,(H,19,20,21). The van der Waals surface area contributed by atoms with Crippen molar-refractivity contribution in [3.63, 3.8) is 0 Å². The number of nitrogens with zero attached hydrogens (tertiary/aromatic N) is 2. The second-order valence-corrected chi connectivity index (χ2v) is 5.20. The summed E-state index contributed by atoms with van der Waals surface area (Å²) in [5, 5.41) is 4.57. The Balaban J connectivity index is 1.94. The van der Waals surface area contributed by atoms with E-state index in [4.69, 9.17) is 23.2 Å². The van der Waals surface area contributed by atoms with Crippen molar-refractivity contribution >= 4 is 39.9 Å². The van der Waals surface area contributed by atoms with Gasteiger partial charge >= 0.3 is 0 Å². The molecule has 0 aliphatic rings. The Hall–Kier alpha value is -1.91. The van der Waals surface area contributed by atoms with E-state index in [-0.39, 0.29) is 11.1 Å². The van der Waals surface area contributed by atoms with Crippen LogP contribution in [0.25, 0.3) is 10.9 Å². The van der Waals surface area contributed by atoms with Crippen LogP contribution in [0.2, 0.25) is 10.3 Å². The Morgan fingerprint density at radius 1 is 1.00 bits per heavy atom. The second kappa shape index (κ2) is 5.84. The zero-order valence-corrected chi connectivity index (χ0v) is 12.3. The number of nitrogens with one attached hydrogen (secondary N) is 1. The SMILES string of the molecule is Fc1ccc(CNc2nc(Cl)nc3cccc(Cl)c23)cc1. The molecule has 0 aliphatic heterocycles. The van der Waals surface area contributed by atoms with E-state index in [0.29, 0.717) is 28.3 Å². The molecule has 0 atom stereocenters. The number of anilines is 1. The molecule has 106 valence electrons. The van der Waals surface area contributed by atoms with Crippen molar-refractivity contribution < 1.29 is 4.39 Å². The van der Waals surface area contributed by atoms with Crippen LogP contribution in [0.4, 0.5) is 10.2 Å². The highest BCUT2D eigenvalue weighted by Crippen LogP contribution is 2.29. The van der Waals surface area contributed by atoms with Gasteiger partial charge in [0.1, 0.15) is 11.6 Å². The molecule has 21 heavy (non-hydrogen) atoms. The van der Waals surface area contributed by atoms with Gasteiger partial charge in [-0.3, -0.25) is 0 Å². The molecule has 3 rings (SSSR count). The summed E-state index contributed by atoms with van der Waals surface area (Å²) in [7, 11) is 0. The van der Waals surface area contributed by atoms with Gasteiger partial charge in [-0.1, -0.05) is 29.8 Å². The summed E-state index contributed by atoms with van der Waals surface area (Å²) >= 11 is 12.1. The summed E-state index contributed by atoms with van der Waals surface area (Å²) in [6.45, 7) is 0.480. The van der Waals surface area contributed by atoms with E-state index >= 15 is 0 Å². The van der Waals surface area contributed by atoms with Gasteiger partial charge in [0.2, 0.25) is 5.28 Å². The summed E-state index contributed by atoms with van der Waals surface area (Å²) in [6, 6.07) is 11.6. The van der Waals surface area contributed by atoms with Crippen LogP contribution >= 0.6 is 23.2 Å². The van der Waals surface area contributed by atoms with Gasteiger partial charge < -0.3 is 5.32 Å². The third kappa shape index (κ3) is 3.06. The number of benzene rings is 2. The van der Waals surface area contributed by atoms with E-state index < -0.39 is 0 Å². The molecule has 0 spiro atoms. The highest BCUT2D eigenvalue weighted by atomic mass is 35.5. The van der Waals surface area contributed by atoms with Crippen LogP contribution in [0.5, 0.6) is 0 Å². The number of aromatic nitrogens is 2. The summed E-state index contributed by atoms with van der Waals surface area (Å²) < 4.78 is 12.9. The molecular weight excluding hydrogens is 312 g/mol. The average molecular weight is 322 g/mol. The predicted molar refractivity (Wildman–Crippen MR) is 83.3 cm³/mol. The van der Waals surface area contributed by atoms with Crippen molar-refractivity contribution in [1.82, 2.24) is 9.97 Å². The number of rotatable bonds is 3. The monoisotopic (exact) mass is 321 g/mol. The molecule has 1 heterocycles. The van der Waals surface area contributed by atoms with Crippen LogP contribution in [-0.4, -0.2) is 9.97 Å². The lowest BCUT2D eigenvalue weighted by atomic mass is 10.2. The normalized spacial score (nSPS) is 10.8. The maximum atomic E-state index is 12.9. The molecule has 1 aromatic heterocycles. The van der Waals surface area contributed by atoms with Crippen LogP contribution in [0.1, 0.15) is 5.56 Å². The highest BCUT2D eigenvalue weighted by Gasteiger charge is 2.09. The fraction of sp³-hybridized carbons (Fsp3) is 0.0667. The van der Waals surface area contributed by atoms with Crippen LogP contribution in [0.15, 0.2) is 42.5 Å². The molecule has 1 N–H and O–H groups in total. The van der Waals surface area contributed by atoms with Crippen molar-refractivity contribution in [2.75, 3.05) is 5.32 Å². The average Bonchev–Trinajstić information content (AvgIpc) is 2.46. The first kappa shape index (κ1) is 14.0. The Labute approximate surface area is 130 Å². The lowest BCUT2D eigenvalue weighted by molar-refractivity contribution is 0.627. The third-order valence-corrected chi connectivity index (χ3v) is 3.50. The van der Waals surface area contributed by atoms with E-state index in [1.54, 1.807) is 24.3 Å².